The monoisotopic (exact) mass is 273 g/mol. The molecule has 0 bridgehead atoms. The van der Waals surface area contributed by atoms with Crippen LogP contribution in [0.25, 0.3) is 0 Å². The summed E-state index contributed by atoms with van der Waals surface area (Å²) >= 11 is 12.0. The van der Waals surface area contributed by atoms with E-state index in [0.29, 0.717) is 11.6 Å². The fraction of sp³-hybridized carbons (Fsp3) is 0.417. The largest absolute Gasteiger partial charge is 0.272 e. The molecule has 5 heteroatoms. The Kier molecular flexibility index (Phi) is 3.34. The highest BCUT2D eigenvalue weighted by molar-refractivity contribution is 6.31. The number of benzene rings is 1. The maximum absolute atomic E-state index is 12.0. The second-order valence-electron chi connectivity index (χ2n) is 4.58. The number of rotatable bonds is 2. The van der Waals surface area contributed by atoms with Gasteiger partial charge in [0.25, 0.3) is 5.91 Å². The van der Waals surface area contributed by atoms with Gasteiger partial charge in [0.2, 0.25) is 0 Å². The normalized spacial score (nSPS) is 23.2. The first-order valence-electron chi connectivity index (χ1n) is 5.29. The molecule has 1 aliphatic rings. The van der Waals surface area contributed by atoms with Crippen molar-refractivity contribution in [3.63, 3.8) is 0 Å². The highest BCUT2D eigenvalue weighted by atomic mass is 35.5. The highest BCUT2D eigenvalue weighted by Crippen LogP contribution is 2.37. The van der Waals surface area contributed by atoms with Gasteiger partial charge in [-0.05, 0) is 25.5 Å². The summed E-state index contributed by atoms with van der Waals surface area (Å²) in [5.74, 6) is -0.127. The molecule has 0 radical (unpaired) electrons. The number of hydrogen-bond acceptors (Lipinski definition) is 2. The highest BCUT2D eigenvalue weighted by Gasteiger charge is 2.48. The number of alkyl halides is 1. The number of hydrogen-bond donors (Lipinski definition) is 0. The van der Waals surface area contributed by atoms with Gasteiger partial charge in [-0.15, -0.1) is 0 Å². The van der Waals surface area contributed by atoms with E-state index in [1.54, 1.807) is 19.9 Å². The van der Waals surface area contributed by atoms with Gasteiger partial charge in [-0.3, -0.25) is 9.63 Å². The SMILES string of the molecule is CC1(C)C(=O)N(Cc2ccccc2Cl)OC1Cl. The average molecular weight is 274 g/mol. The van der Waals surface area contributed by atoms with Crippen LogP contribution in [0.5, 0.6) is 0 Å². The fourth-order valence-corrected chi connectivity index (χ4v) is 1.99. The Morgan fingerprint density at radius 3 is 2.59 bits per heavy atom. The van der Waals surface area contributed by atoms with Crippen molar-refractivity contribution < 1.29 is 9.63 Å². The van der Waals surface area contributed by atoms with Crippen LogP contribution >= 0.6 is 23.2 Å². The lowest BCUT2D eigenvalue weighted by Gasteiger charge is -2.16. The zero-order valence-electron chi connectivity index (χ0n) is 9.61. The van der Waals surface area contributed by atoms with Gasteiger partial charge in [0.1, 0.15) is 0 Å². The van der Waals surface area contributed by atoms with Crippen molar-refractivity contribution >= 4 is 29.1 Å². The maximum atomic E-state index is 12.0. The van der Waals surface area contributed by atoms with Gasteiger partial charge in [-0.1, -0.05) is 41.4 Å². The van der Waals surface area contributed by atoms with Crippen molar-refractivity contribution in [3.8, 4) is 0 Å². The van der Waals surface area contributed by atoms with E-state index in [-0.39, 0.29) is 5.91 Å². The van der Waals surface area contributed by atoms with Gasteiger partial charge < -0.3 is 0 Å². The van der Waals surface area contributed by atoms with Crippen molar-refractivity contribution in [1.29, 1.82) is 0 Å². The minimum absolute atomic E-state index is 0.127. The predicted octanol–water partition coefficient (Wildman–Crippen LogP) is 3.20. The fourth-order valence-electron chi connectivity index (χ4n) is 1.60. The van der Waals surface area contributed by atoms with E-state index >= 15 is 0 Å². The van der Waals surface area contributed by atoms with Crippen LogP contribution in [0.1, 0.15) is 19.4 Å². The van der Waals surface area contributed by atoms with Crippen molar-refractivity contribution in [3.05, 3.63) is 34.9 Å². The number of amides is 1. The Balaban J connectivity index is 2.17. The number of carbonyl (C=O) groups excluding carboxylic acids is 1. The van der Waals surface area contributed by atoms with Gasteiger partial charge >= 0.3 is 0 Å². The number of nitrogens with zero attached hydrogens (tertiary/aromatic N) is 1. The van der Waals surface area contributed by atoms with Crippen LogP contribution in [0.4, 0.5) is 0 Å². The van der Waals surface area contributed by atoms with Crippen LogP contribution in [0.3, 0.4) is 0 Å². The molecule has 0 N–H and O–H groups in total. The van der Waals surface area contributed by atoms with Crippen LogP contribution in [0.2, 0.25) is 5.02 Å². The van der Waals surface area contributed by atoms with Crippen molar-refractivity contribution in [2.75, 3.05) is 0 Å². The third-order valence-corrected chi connectivity index (χ3v) is 3.83. The summed E-state index contributed by atoms with van der Waals surface area (Å²) in [6, 6.07) is 7.34. The van der Waals surface area contributed by atoms with E-state index in [9.17, 15) is 4.79 Å². The number of hydroxylamine groups is 2. The molecule has 1 fully saturated rings. The molecule has 1 unspecified atom stereocenters. The van der Waals surface area contributed by atoms with E-state index in [1.165, 1.54) is 5.06 Å². The van der Waals surface area contributed by atoms with E-state index < -0.39 is 11.0 Å². The number of halogens is 2. The molecular weight excluding hydrogens is 261 g/mol. The summed E-state index contributed by atoms with van der Waals surface area (Å²) in [7, 11) is 0. The average Bonchev–Trinajstić information content (AvgIpc) is 2.46. The Bertz CT molecular complexity index is 448. The molecule has 0 aromatic heterocycles. The zero-order chi connectivity index (χ0) is 12.6. The number of carbonyl (C=O) groups is 1. The van der Waals surface area contributed by atoms with Gasteiger partial charge in [-0.2, -0.15) is 0 Å². The summed E-state index contributed by atoms with van der Waals surface area (Å²) in [5.41, 5.74) is -0.510. The minimum Gasteiger partial charge on any atom is -0.272 e. The summed E-state index contributed by atoms with van der Waals surface area (Å²) in [6.45, 7) is 3.84. The maximum Gasteiger partial charge on any atom is 0.256 e. The molecule has 1 amide bonds. The lowest BCUT2D eigenvalue weighted by molar-refractivity contribution is -0.168. The molecule has 3 nitrogen and oxygen atoms in total. The van der Waals surface area contributed by atoms with E-state index in [0.717, 1.165) is 5.56 Å². The molecule has 92 valence electrons. The molecule has 1 saturated heterocycles. The Labute approximate surface area is 110 Å². The smallest absolute Gasteiger partial charge is 0.256 e. The first-order valence-corrected chi connectivity index (χ1v) is 6.10. The molecule has 1 heterocycles. The first kappa shape index (κ1) is 12.7. The summed E-state index contributed by atoms with van der Waals surface area (Å²) in [5, 5.41) is 1.89. The predicted molar refractivity (Wildman–Crippen MR) is 66.5 cm³/mol. The van der Waals surface area contributed by atoms with Crippen molar-refractivity contribution in [2.45, 2.75) is 26.0 Å². The van der Waals surface area contributed by atoms with Crippen LogP contribution < -0.4 is 0 Å². The summed E-state index contributed by atoms with van der Waals surface area (Å²) in [4.78, 5) is 17.4. The molecule has 17 heavy (non-hydrogen) atoms. The molecule has 1 aliphatic heterocycles. The van der Waals surface area contributed by atoms with E-state index in [1.807, 2.05) is 18.2 Å². The molecule has 0 spiro atoms. The van der Waals surface area contributed by atoms with E-state index in [4.69, 9.17) is 28.0 Å². The molecule has 0 saturated carbocycles. The molecule has 1 aromatic carbocycles. The Morgan fingerprint density at radius 2 is 2.06 bits per heavy atom. The molecule has 1 aromatic rings. The lowest BCUT2D eigenvalue weighted by Crippen LogP contribution is -2.31. The zero-order valence-corrected chi connectivity index (χ0v) is 11.1. The van der Waals surface area contributed by atoms with Crippen LogP contribution in [-0.4, -0.2) is 16.5 Å². The summed E-state index contributed by atoms with van der Waals surface area (Å²) in [6.07, 6.45) is 0. The van der Waals surface area contributed by atoms with Gasteiger partial charge in [0, 0.05) is 5.02 Å². The second-order valence-corrected chi connectivity index (χ2v) is 5.38. The topological polar surface area (TPSA) is 29.5 Å². The molecular formula is C12H13Cl2NO2. The third-order valence-electron chi connectivity index (χ3n) is 2.84. The molecule has 0 aliphatic carbocycles. The van der Waals surface area contributed by atoms with Crippen molar-refractivity contribution in [2.24, 2.45) is 5.41 Å². The Hall–Kier alpha value is -0.770. The summed E-state index contributed by atoms with van der Waals surface area (Å²) < 4.78 is 0. The van der Waals surface area contributed by atoms with Gasteiger partial charge in [0.15, 0.2) is 5.56 Å². The standard InChI is InChI=1S/C12H13Cl2NO2/c1-12(2)10(14)17-15(11(12)16)7-8-5-3-4-6-9(8)13/h3-6,10H,7H2,1-2H3. The molecule has 2 rings (SSSR count). The van der Waals surface area contributed by atoms with Crippen LogP contribution in [-0.2, 0) is 16.2 Å². The van der Waals surface area contributed by atoms with Crippen LogP contribution in [0.15, 0.2) is 24.3 Å². The third kappa shape index (κ3) is 2.28. The Morgan fingerprint density at radius 1 is 1.41 bits per heavy atom. The van der Waals surface area contributed by atoms with Gasteiger partial charge in [0.05, 0.1) is 12.0 Å². The molecule has 1 atom stereocenters. The lowest BCUT2D eigenvalue weighted by atomic mass is 9.94. The van der Waals surface area contributed by atoms with E-state index in [2.05, 4.69) is 0 Å². The second kappa shape index (κ2) is 4.48. The van der Waals surface area contributed by atoms with Crippen molar-refractivity contribution in [1.82, 2.24) is 5.06 Å². The van der Waals surface area contributed by atoms with Gasteiger partial charge in [-0.25, -0.2) is 5.06 Å². The first-order chi connectivity index (χ1) is 7.93. The minimum atomic E-state index is -0.706. The van der Waals surface area contributed by atoms with Crippen LogP contribution in [0, 0.1) is 5.41 Å². The quantitative estimate of drug-likeness (QED) is 0.775.